The van der Waals surface area contributed by atoms with Crippen molar-refractivity contribution in [1.29, 1.82) is 5.26 Å². The second-order valence-electron chi connectivity index (χ2n) is 5.85. The van der Waals surface area contributed by atoms with Gasteiger partial charge in [0.15, 0.2) is 6.29 Å². The number of nitrogens with two attached hydrogens (primary N) is 1. The molecule has 1 atom stereocenters. The minimum absolute atomic E-state index is 0.167. The number of anilines is 1. The van der Waals surface area contributed by atoms with Gasteiger partial charge in [0.1, 0.15) is 12.1 Å². The summed E-state index contributed by atoms with van der Waals surface area (Å²) in [4.78, 5) is 8.26. The van der Waals surface area contributed by atoms with E-state index in [9.17, 15) is 5.26 Å². The fraction of sp³-hybridized carbons (Fsp3) is 0.579. The lowest BCUT2D eigenvalue weighted by Gasteiger charge is -2.21. The van der Waals surface area contributed by atoms with Gasteiger partial charge in [0, 0.05) is 48.9 Å². The quantitative estimate of drug-likeness (QED) is 0.703. The summed E-state index contributed by atoms with van der Waals surface area (Å²) in [6, 6.07) is 0.547. The minimum Gasteiger partial charge on any atom is -0.383 e. The van der Waals surface area contributed by atoms with E-state index in [-0.39, 0.29) is 12.2 Å². The van der Waals surface area contributed by atoms with Crippen LogP contribution < -0.4 is 5.73 Å². The summed E-state index contributed by atoms with van der Waals surface area (Å²) in [6.45, 7) is 0. The number of ether oxygens (including phenoxy) is 2. The van der Waals surface area contributed by atoms with Crippen LogP contribution in [0.2, 0.25) is 0 Å². The predicted molar refractivity (Wildman–Crippen MR) is 100 cm³/mol. The molecule has 0 aromatic carbocycles. The van der Waals surface area contributed by atoms with E-state index in [0.29, 0.717) is 16.8 Å². The first-order chi connectivity index (χ1) is 16.2. The first-order valence-electron chi connectivity index (χ1n) is 12.3. The van der Waals surface area contributed by atoms with Crippen LogP contribution in [0.25, 0.3) is 11.3 Å². The molecule has 2 N–H and O–H groups in total. The van der Waals surface area contributed by atoms with E-state index >= 15 is 0 Å². The lowest BCUT2D eigenvalue weighted by Crippen LogP contribution is -2.18. The van der Waals surface area contributed by atoms with Crippen molar-refractivity contribution < 1.29 is 20.4 Å². The van der Waals surface area contributed by atoms with Gasteiger partial charge in [0.25, 0.3) is 0 Å². The van der Waals surface area contributed by atoms with Gasteiger partial charge in [-0.25, -0.2) is 9.97 Å². The Morgan fingerprint density at radius 1 is 1.37 bits per heavy atom. The number of aromatic nitrogens is 4. The number of nitrogen functional groups attached to an aromatic ring is 1. The molecule has 1 aliphatic rings. The normalized spacial score (nSPS) is 27.8. The average molecular weight is 379 g/mol. The number of rotatable bonds is 8. The molecule has 0 aliphatic heterocycles. The number of hydrogen-bond donors (Lipinski definition) is 1. The fourth-order valence-corrected chi connectivity index (χ4v) is 2.86. The molecule has 0 unspecified atom stereocenters. The Balaban J connectivity index is 2.10. The molecule has 8 heteroatoms. The van der Waals surface area contributed by atoms with E-state index in [1.165, 1.54) is 32.9 Å². The van der Waals surface area contributed by atoms with Crippen LogP contribution in [0.15, 0.2) is 18.7 Å². The summed E-state index contributed by atoms with van der Waals surface area (Å²) in [5.74, 6) is -1.70. The van der Waals surface area contributed by atoms with Crippen molar-refractivity contribution in [3.8, 4) is 17.3 Å². The maximum Gasteiger partial charge on any atom is 0.161 e. The molecule has 2 heterocycles. The Kier molecular flexibility index (Phi) is 3.76. The van der Waals surface area contributed by atoms with Gasteiger partial charge in [-0.05, 0) is 18.7 Å². The SMILES string of the molecule is [2H]C1([2H])C([C@@H](CC#N)n2cc(-c3ncnc(N)c3CC(OC)OC)cn2)C([2H])([2H])C([2H])([2H])C1([2H])[2H]. The molecule has 0 saturated heterocycles. The number of methoxy groups -OCH3 is 2. The van der Waals surface area contributed by atoms with E-state index in [2.05, 4.69) is 15.1 Å². The number of nitriles is 1. The van der Waals surface area contributed by atoms with E-state index in [4.69, 9.17) is 26.2 Å². The topological polar surface area (TPSA) is 112 Å². The minimum atomic E-state index is -3.17. The molecular weight excluding hydrogens is 344 g/mol. The van der Waals surface area contributed by atoms with Crippen molar-refractivity contribution in [2.24, 2.45) is 5.92 Å². The Bertz CT molecular complexity index is 1090. The predicted octanol–water partition coefficient (Wildman–Crippen LogP) is 2.73. The van der Waals surface area contributed by atoms with Crippen LogP contribution in [-0.4, -0.2) is 40.3 Å². The lowest BCUT2D eigenvalue weighted by molar-refractivity contribution is -0.100. The summed E-state index contributed by atoms with van der Waals surface area (Å²) in [7, 11) is 2.91. The van der Waals surface area contributed by atoms with Gasteiger partial charge in [-0.3, -0.25) is 4.68 Å². The van der Waals surface area contributed by atoms with Crippen molar-refractivity contribution in [3.05, 3.63) is 24.3 Å². The van der Waals surface area contributed by atoms with E-state index in [1.54, 1.807) is 0 Å². The van der Waals surface area contributed by atoms with Gasteiger partial charge >= 0.3 is 0 Å². The van der Waals surface area contributed by atoms with Crippen molar-refractivity contribution in [2.75, 3.05) is 20.0 Å². The molecule has 0 spiro atoms. The number of nitrogens with zero attached hydrogens (tertiary/aromatic N) is 5. The summed E-state index contributed by atoms with van der Waals surface area (Å²) >= 11 is 0. The standard InChI is InChI=1S/C19H26N6O2/c1-26-17(27-2)9-15-18(22-12-23-19(15)21)14-10-24-25(11-14)16(7-8-20)13-5-3-4-6-13/h10-13,16-17H,3-7,9H2,1-2H3,(H2,21,22,23)/t16-/m1/s1/i3D2,4D2,5D2,6D2. The Labute approximate surface area is 170 Å². The van der Waals surface area contributed by atoms with Gasteiger partial charge < -0.3 is 15.2 Å². The highest BCUT2D eigenvalue weighted by atomic mass is 16.7. The van der Waals surface area contributed by atoms with Gasteiger partial charge in [0.2, 0.25) is 0 Å². The molecule has 3 rings (SSSR count). The summed E-state index contributed by atoms with van der Waals surface area (Å²) in [5, 5.41) is 13.6. The van der Waals surface area contributed by atoms with Crippen LogP contribution in [0.5, 0.6) is 0 Å². The molecule has 2 aromatic heterocycles. The molecular formula is C19H26N6O2. The second-order valence-corrected chi connectivity index (χ2v) is 5.85. The maximum atomic E-state index is 9.43. The smallest absolute Gasteiger partial charge is 0.161 e. The Hall–Kier alpha value is -2.50. The molecule has 27 heavy (non-hydrogen) atoms. The molecule has 1 saturated carbocycles. The molecule has 0 bridgehead atoms. The molecule has 1 aliphatic carbocycles. The van der Waals surface area contributed by atoms with Gasteiger partial charge in [0.05, 0.1) is 30.4 Å². The van der Waals surface area contributed by atoms with Crippen LogP contribution in [0, 0.1) is 17.2 Å². The zero-order chi connectivity index (χ0) is 26.4. The third kappa shape index (κ3) is 4.26. The summed E-state index contributed by atoms with van der Waals surface area (Å²) in [5.41, 5.74) is 7.29. The highest BCUT2D eigenvalue weighted by molar-refractivity contribution is 5.66. The van der Waals surface area contributed by atoms with Crippen molar-refractivity contribution >= 4 is 5.82 Å². The zero-order valence-electron chi connectivity index (χ0n) is 23.0. The van der Waals surface area contributed by atoms with Crippen LogP contribution in [-0.2, 0) is 15.9 Å². The zero-order valence-corrected chi connectivity index (χ0v) is 15.0. The van der Waals surface area contributed by atoms with Crippen LogP contribution >= 0.6 is 0 Å². The van der Waals surface area contributed by atoms with Crippen molar-refractivity contribution in [2.45, 2.75) is 50.7 Å². The fourth-order valence-electron chi connectivity index (χ4n) is 2.86. The summed E-state index contributed by atoms with van der Waals surface area (Å²) in [6.07, 6.45) is -9.12. The third-order valence-electron chi connectivity index (χ3n) is 4.29. The van der Waals surface area contributed by atoms with Gasteiger partial charge in [-0.15, -0.1) is 0 Å². The highest BCUT2D eigenvalue weighted by Crippen LogP contribution is 2.36. The van der Waals surface area contributed by atoms with Crippen molar-refractivity contribution in [3.63, 3.8) is 0 Å². The van der Waals surface area contributed by atoms with E-state index in [0.717, 1.165) is 4.68 Å². The number of hydrogen-bond acceptors (Lipinski definition) is 7. The first-order valence-corrected chi connectivity index (χ1v) is 8.25. The van der Waals surface area contributed by atoms with Crippen molar-refractivity contribution in [1.82, 2.24) is 19.7 Å². The first kappa shape index (κ1) is 11.4. The molecule has 8 nitrogen and oxygen atoms in total. The Morgan fingerprint density at radius 2 is 2.11 bits per heavy atom. The van der Waals surface area contributed by atoms with Crippen LogP contribution in [0.1, 0.15) is 54.5 Å². The molecule has 144 valence electrons. The summed E-state index contributed by atoms with van der Waals surface area (Å²) < 4.78 is 77.4. The molecule has 2 aromatic rings. The average Bonchev–Trinajstić information content (AvgIpc) is 3.28. The third-order valence-corrected chi connectivity index (χ3v) is 4.29. The second kappa shape index (κ2) is 8.93. The molecule has 1 fully saturated rings. The van der Waals surface area contributed by atoms with E-state index in [1.807, 2.05) is 6.07 Å². The lowest BCUT2D eigenvalue weighted by atomic mass is 9.96. The largest absolute Gasteiger partial charge is 0.383 e. The molecule has 0 amide bonds. The van der Waals surface area contributed by atoms with Gasteiger partial charge in [-0.1, -0.05) is 12.7 Å². The van der Waals surface area contributed by atoms with E-state index < -0.39 is 50.2 Å². The van der Waals surface area contributed by atoms with Crippen LogP contribution in [0.4, 0.5) is 5.82 Å². The Morgan fingerprint density at radius 3 is 2.78 bits per heavy atom. The maximum absolute atomic E-state index is 9.43. The molecule has 0 radical (unpaired) electrons. The van der Waals surface area contributed by atoms with Crippen LogP contribution in [0.3, 0.4) is 0 Å². The van der Waals surface area contributed by atoms with Gasteiger partial charge in [-0.2, -0.15) is 10.4 Å². The highest BCUT2D eigenvalue weighted by Gasteiger charge is 2.27. The monoisotopic (exact) mass is 378 g/mol.